The highest BCUT2D eigenvalue weighted by atomic mass is 19.4. The fourth-order valence-electron chi connectivity index (χ4n) is 1.87. The van der Waals surface area contributed by atoms with Gasteiger partial charge in [0.15, 0.2) is 0 Å². The van der Waals surface area contributed by atoms with Gasteiger partial charge in [0.25, 0.3) is 0 Å². The van der Waals surface area contributed by atoms with Crippen LogP contribution < -0.4 is 0 Å². The van der Waals surface area contributed by atoms with Crippen LogP contribution in [0.1, 0.15) is 24.5 Å². The Kier molecular flexibility index (Phi) is 5.66. The first-order valence-electron chi connectivity index (χ1n) is 6.24. The zero-order chi connectivity index (χ0) is 13.6. The third-order valence-electron chi connectivity index (χ3n) is 2.79. The van der Waals surface area contributed by atoms with Crippen molar-refractivity contribution in [1.82, 2.24) is 4.90 Å². The predicted octanol–water partition coefficient (Wildman–Crippen LogP) is 3.68. The van der Waals surface area contributed by atoms with Crippen molar-refractivity contribution >= 4 is 0 Å². The summed E-state index contributed by atoms with van der Waals surface area (Å²) in [4.78, 5) is 1.31. The molecule has 4 heteroatoms. The Hall–Kier alpha value is -1.03. The topological polar surface area (TPSA) is 3.24 Å². The molecule has 0 aromatic heterocycles. The number of hydrogen-bond donors (Lipinski definition) is 0. The summed E-state index contributed by atoms with van der Waals surface area (Å²) in [6, 6.07) is 8.13. The molecule has 0 N–H and O–H groups in total. The smallest absolute Gasteiger partial charge is 0.298 e. The van der Waals surface area contributed by atoms with Crippen molar-refractivity contribution in [2.75, 3.05) is 20.1 Å². The van der Waals surface area contributed by atoms with Crippen molar-refractivity contribution in [2.45, 2.75) is 32.4 Å². The summed E-state index contributed by atoms with van der Waals surface area (Å²) in [5.74, 6) is 0. The molecule has 0 fully saturated rings. The highest BCUT2D eigenvalue weighted by molar-refractivity contribution is 5.22. The van der Waals surface area contributed by atoms with Gasteiger partial charge in [-0.15, -0.1) is 0 Å². The zero-order valence-electron chi connectivity index (χ0n) is 10.9. The third kappa shape index (κ3) is 6.05. The number of nitrogens with zero attached hydrogens (tertiary/aromatic N) is 1. The Labute approximate surface area is 107 Å². The summed E-state index contributed by atoms with van der Waals surface area (Å²) in [6.07, 6.45) is -1.30. The van der Waals surface area contributed by atoms with Crippen LogP contribution in [0.5, 0.6) is 0 Å². The molecule has 0 aliphatic rings. The van der Waals surface area contributed by atoms with E-state index in [0.717, 1.165) is 18.4 Å². The lowest BCUT2D eigenvalue weighted by molar-refractivity contribution is -0.142. The van der Waals surface area contributed by atoms with Crippen molar-refractivity contribution in [3.8, 4) is 0 Å². The SMILES string of the molecule is CCCc1ccc(CCN(C)CC(F)(F)F)cc1. The van der Waals surface area contributed by atoms with E-state index in [1.165, 1.54) is 17.5 Å². The molecule has 1 aromatic rings. The van der Waals surface area contributed by atoms with Gasteiger partial charge in [0, 0.05) is 6.54 Å². The van der Waals surface area contributed by atoms with Gasteiger partial charge in [0.1, 0.15) is 0 Å². The molecule has 0 amide bonds. The number of rotatable bonds is 6. The van der Waals surface area contributed by atoms with Gasteiger partial charge in [-0.3, -0.25) is 4.90 Å². The van der Waals surface area contributed by atoms with E-state index in [1.807, 2.05) is 12.1 Å². The van der Waals surface area contributed by atoms with Crippen molar-refractivity contribution in [2.24, 2.45) is 0 Å². The molecule has 0 radical (unpaired) electrons. The maximum absolute atomic E-state index is 12.1. The molecule has 0 bridgehead atoms. The van der Waals surface area contributed by atoms with Crippen LogP contribution in [-0.4, -0.2) is 31.2 Å². The first-order chi connectivity index (χ1) is 8.40. The summed E-state index contributed by atoms with van der Waals surface area (Å²) < 4.78 is 36.4. The Balaban J connectivity index is 2.39. The molecule has 1 rings (SSSR count). The second-order valence-corrected chi connectivity index (χ2v) is 4.67. The maximum atomic E-state index is 12.1. The lowest BCUT2D eigenvalue weighted by atomic mass is 10.1. The summed E-state index contributed by atoms with van der Waals surface area (Å²) >= 11 is 0. The monoisotopic (exact) mass is 259 g/mol. The van der Waals surface area contributed by atoms with Crippen LogP contribution in [0.25, 0.3) is 0 Å². The lowest BCUT2D eigenvalue weighted by Gasteiger charge is -2.18. The number of likely N-dealkylation sites (N-methyl/N-ethyl adjacent to an activating group) is 1. The first-order valence-corrected chi connectivity index (χ1v) is 6.24. The van der Waals surface area contributed by atoms with E-state index in [0.29, 0.717) is 13.0 Å². The Bertz CT molecular complexity index is 343. The van der Waals surface area contributed by atoms with Gasteiger partial charge in [0.05, 0.1) is 6.54 Å². The van der Waals surface area contributed by atoms with Crippen LogP contribution >= 0.6 is 0 Å². The number of hydrogen-bond acceptors (Lipinski definition) is 1. The maximum Gasteiger partial charge on any atom is 0.401 e. The Morgan fingerprint density at radius 3 is 1.94 bits per heavy atom. The van der Waals surface area contributed by atoms with E-state index in [9.17, 15) is 13.2 Å². The van der Waals surface area contributed by atoms with Crippen LogP contribution in [0.2, 0.25) is 0 Å². The average Bonchev–Trinajstić information content (AvgIpc) is 2.26. The summed E-state index contributed by atoms with van der Waals surface area (Å²) in [7, 11) is 1.50. The highest BCUT2D eigenvalue weighted by Crippen LogP contribution is 2.16. The molecule has 0 unspecified atom stereocenters. The van der Waals surface area contributed by atoms with E-state index in [-0.39, 0.29) is 0 Å². The van der Waals surface area contributed by atoms with Crippen LogP contribution in [0.15, 0.2) is 24.3 Å². The van der Waals surface area contributed by atoms with Crippen LogP contribution in [0.3, 0.4) is 0 Å². The number of benzene rings is 1. The molecular formula is C14H20F3N. The van der Waals surface area contributed by atoms with Crippen LogP contribution in [-0.2, 0) is 12.8 Å². The standard InChI is InChI=1S/C14H20F3N/c1-3-4-12-5-7-13(8-6-12)9-10-18(2)11-14(15,16)17/h5-8H,3-4,9-11H2,1-2H3. The molecule has 0 heterocycles. The van der Waals surface area contributed by atoms with Crippen LogP contribution in [0.4, 0.5) is 13.2 Å². The number of halogens is 3. The van der Waals surface area contributed by atoms with E-state index < -0.39 is 12.7 Å². The fourth-order valence-corrected chi connectivity index (χ4v) is 1.87. The van der Waals surface area contributed by atoms with Gasteiger partial charge in [0.2, 0.25) is 0 Å². The van der Waals surface area contributed by atoms with E-state index in [1.54, 1.807) is 0 Å². The fraction of sp³-hybridized carbons (Fsp3) is 0.571. The predicted molar refractivity (Wildman–Crippen MR) is 67.7 cm³/mol. The molecule has 102 valence electrons. The summed E-state index contributed by atoms with van der Waals surface area (Å²) in [5.41, 5.74) is 2.37. The molecule has 1 aromatic carbocycles. The van der Waals surface area contributed by atoms with Crippen molar-refractivity contribution in [3.05, 3.63) is 35.4 Å². The second-order valence-electron chi connectivity index (χ2n) is 4.67. The molecule has 0 aliphatic heterocycles. The largest absolute Gasteiger partial charge is 0.401 e. The molecule has 0 saturated carbocycles. The minimum absolute atomic E-state index is 0.423. The van der Waals surface area contributed by atoms with Crippen molar-refractivity contribution in [1.29, 1.82) is 0 Å². The molecule has 0 spiro atoms. The van der Waals surface area contributed by atoms with Gasteiger partial charge in [-0.25, -0.2) is 0 Å². The van der Waals surface area contributed by atoms with Crippen molar-refractivity contribution in [3.63, 3.8) is 0 Å². The molecule has 0 saturated heterocycles. The van der Waals surface area contributed by atoms with E-state index >= 15 is 0 Å². The molecule has 18 heavy (non-hydrogen) atoms. The Morgan fingerprint density at radius 2 is 1.50 bits per heavy atom. The van der Waals surface area contributed by atoms with Gasteiger partial charge in [-0.2, -0.15) is 13.2 Å². The zero-order valence-corrected chi connectivity index (χ0v) is 10.9. The molecule has 1 nitrogen and oxygen atoms in total. The average molecular weight is 259 g/mol. The summed E-state index contributed by atoms with van der Waals surface area (Å²) in [5, 5.41) is 0. The Morgan fingerprint density at radius 1 is 1.00 bits per heavy atom. The van der Waals surface area contributed by atoms with Gasteiger partial charge >= 0.3 is 6.18 Å². The van der Waals surface area contributed by atoms with Gasteiger partial charge in [-0.1, -0.05) is 37.6 Å². The number of alkyl halides is 3. The third-order valence-corrected chi connectivity index (χ3v) is 2.79. The molecule has 0 atom stereocenters. The van der Waals surface area contributed by atoms with Crippen LogP contribution in [0, 0.1) is 0 Å². The number of aryl methyl sites for hydroxylation is 1. The lowest BCUT2D eigenvalue weighted by Crippen LogP contribution is -2.32. The molecular weight excluding hydrogens is 239 g/mol. The van der Waals surface area contributed by atoms with E-state index in [2.05, 4.69) is 19.1 Å². The summed E-state index contributed by atoms with van der Waals surface area (Å²) in [6.45, 7) is 1.70. The van der Waals surface area contributed by atoms with E-state index in [4.69, 9.17) is 0 Å². The highest BCUT2D eigenvalue weighted by Gasteiger charge is 2.28. The molecule has 0 aliphatic carbocycles. The van der Waals surface area contributed by atoms with Gasteiger partial charge in [-0.05, 0) is 31.0 Å². The second kappa shape index (κ2) is 6.78. The normalized spacial score (nSPS) is 12.1. The van der Waals surface area contributed by atoms with Gasteiger partial charge < -0.3 is 0 Å². The van der Waals surface area contributed by atoms with Crippen molar-refractivity contribution < 1.29 is 13.2 Å². The minimum atomic E-state index is -4.11. The minimum Gasteiger partial charge on any atom is -0.298 e. The first kappa shape index (κ1) is 15.0. The quantitative estimate of drug-likeness (QED) is 0.753.